The van der Waals surface area contributed by atoms with Crippen LogP contribution in [0.25, 0.3) is 0 Å². The number of hydrogen-bond donors (Lipinski definition) is 0. The second-order valence-electron chi connectivity index (χ2n) is 6.81. The maximum atomic E-state index is 11.5. The van der Waals surface area contributed by atoms with Gasteiger partial charge in [-0.3, -0.25) is 9.59 Å². The van der Waals surface area contributed by atoms with Crippen molar-refractivity contribution in [2.24, 2.45) is 0 Å². The standard InChI is InChI=1S/C23H28O4/c1-4-19(21-8-6-5-7-9-21)14-17(2)20-12-10-18(11-13-20)16-27-23(25)15-22(24)26-3/h5-13,17,19H,4,14-16H2,1-3H3. The molecule has 0 spiro atoms. The Morgan fingerprint density at radius 1 is 0.926 bits per heavy atom. The molecule has 2 unspecified atom stereocenters. The van der Waals surface area contributed by atoms with Crippen LogP contribution >= 0.6 is 0 Å². The number of carbonyl (C=O) groups excluding carboxylic acids is 2. The van der Waals surface area contributed by atoms with Crippen molar-refractivity contribution in [1.82, 2.24) is 0 Å². The quantitative estimate of drug-likeness (QED) is 0.463. The van der Waals surface area contributed by atoms with Crippen molar-refractivity contribution in [2.75, 3.05) is 7.11 Å². The molecular weight excluding hydrogens is 340 g/mol. The molecule has 0 aliphatic heterocycles. The van der Waals surface area contributed by atoms with E-state index in [9.17, 15) is 9.59 Å². The number of esters is 2. The fraction of sp³-hybridized carbons (Fsp3) is 0.391. The molecule has 4 nitrogen and oxygen atoms in total. The number of rotatable bonds is 9. The van der Waals surface area contributed by atoms with Gasteiger partial charge in [0, 0.05) is 0 Å². The first kappa shape index (κ1) is 20.7. The highest BCUT2D eigenvalue weighted by atomic mass is 16.5. The van der Waals surface area contributed by atoms with Crippen LogP contribution in [-0.2, 0) is 25.7 Å². The van der Waals surface area contributed by atoms with Crippen LogP contribution in [0.15, 0.2) is 54.6 Å². The summed E-state index contributed by atoms with van der Waals surface area (Å²) < 4.78 is 9.55. The Bertz CT molecular complexity index is 722. The molecule has 0 heterocycles. The summed E-state index contributed by atoms with van der Waals surface area (Å²) in [6, 6.07) is 18.8. The predicted octanol–water partition coefficient (Wildman–Crippen LogP) is 4.98. The summed E-state index contributed by atoms with van der Waals surface area (Å²) in [6.45, 7) is 4.64. The molecule has 0 amide bonds. The molecule has 0 bridgehead atoms. The molecule has 0 aliphatic carbocycles. The van der Waals surface area contributed by atoms with Gasteiger partial charge in [-0.1, -0.05) is 68.4 Å². The normalized spacial score (nSPS) is 12.9. The largest absolute Gasteiger partial charge is 0.469 e. The van der Waals surface area contributed by atoms with Gasteiger partial charge in [0.25, 0.3) is 0 Å². The van der Waals surface area contributed by atoms with Gasteiger partial charge in [0.1, 0.15) is 13.0 Å². The molecule has 27 heavy (non-hydrogen) atoms. The van der Waals surface area contributed by atoms with Crippen molar-refractivity contribution >= 4 is 11.9 Å². The lowest BCUT2D eigenvalue weighted by molar-refractivity contribution is -0.153. The Balaban J connectivity index is 1.90. The average Bonchev–Trinajstić information content (AvgIpc) is 2.71. The Kier molecular flexibility index (Phi) is 8.05. The van der Waals surface area contributed by atoms with Crippen LogP contribution in [0, 0.1) is 0 Å². The van der Waals surface area contributed by atoms with Crippen molar-refractivity contribution in [3.8, 4) is 0 Å². The first-order valence-electron chi connectivity index (χ1n) is 9.39. The summed E-state index contributed by atoms with van der Waals surface area (Å²) >= 11 is 0. The van der Waals surface area contributed by atoms with E-state index in [4.69, 9.17) is 4.74 Å². The first-order chi connectivity index (χ1) is 13.0. The lowest BCUT2D eigenvalue weighted by Gasteiger charge is -2.21. The van der Waals surface area contributed by atoms with Gasteiger partial charge >= 0.3 is 11.9 Å². The van der Waals surface area contributed by atoms with Crippen LogP contribution in [-0.4, -0.2) is 19.0 Å². The predicted molar refractivity (Wildman–Crippen MR) is 105 cm³/mol. The molecule has 2 atom stereocenters. The Hall–Kier alpha value is -2.62. The van der Waals surface area contributed by atoms with Gasteiger partial charge in [-0.15, -0.1) is 0 Å². The number of benzene rings is 2. The molecule has 4 heteroatoms. The maximum Gasteiger partial charge on any atom is 0.317 e. The van der Waals surface area contributed by atoms with E-state index in [-0.39, 0.29) is 13.0 Å². The first-order valence-corrected chi connectivity index (χ1v) is 9.39. The molecule has 0 N–H and O–H groups in total. The van der Waals surface area contributed by atoms with E-state index in [2.05, 4.69) is 61.0 Å². The second kappa shape index (κ2) is 10.5. The lowest BCUT2D eigenvalue weighted by atomic mass is 9.84. The smallest absolute Gasteiger partial charge is 0.317 e. The third-order valence-corrected chi connectivity index (χ3v) is 4.87. The van der Waals surface area contributed by atoms with Gasteiger partial charge in [-0.05, 0) is 41.4 Å². The van der Waals surface area contributed by atoms with Crippen molar-refractivity contribution in [2.45, 2.75) is 51.6 Å². The topological polar surface area (TPSA) is 52.6 Å². The molecule has 2 aromatic carbocycles. The number of ether oxygens (including phenoxy) is 2. The summed E-state index contributed by atoms with van der Waals surface area (Å²) in [5.74, 6) is -0.188. The van der Waals surface area contributed by atoms with E-state index in [0.717, 1.165) is 18.4 Å². The molecule has 2 aromatic rings. The summed E-state index contributed by atoms with van der Waals surface area (Å²) in [7, 11) is 1.25. The molecule has 0 aromatic heterocycles. The van der Waals surface area contributed by atoms with Crippen LogP contribution in [0.1, 0.15) is 61.6 Å². The highest BCUT2D eigenvalue weighted by molar-refractivity contribution is 5.91. The van der Waals surface area contributed by atoms with Gasteiger partial charge in [-0.25, -0.2) is 0 Å². The van der Waals surface area contributed by atoms with Crippen LogP contribution in [0.2, 0.25) is 0 Å². The van der Waals surface area contributed by atoms with E-state index in [0.29, 0.717) is 11.8 Å². The molecule has 0 saturated carbocycles. The van der Waals surface area contributed by atoms with E-state index in [1.54, 1.807) is 0 Å². The fourth-order valence-corrected chi connectivity index (χ4v) is 3.17. The van der Waals surface area contributed by atoms with Crippen LogP contribution in [0.3, 0.4) is 0 Å². The Morgan fingerprint density at radius 3 is 2.19 bits per heavy atom. The minimum Gasteiger partial charge on any atom is -0.469 e. The molecule has 0 aliphatic rings. The van der Waals surface area contributed by atoms with Gasteiger partial charge in [-0.2, -0.15) is 0 Å². The molecular formula is C23H28O4. The Morgan fingerprint density at radius 2 is 1.59 bits per heavy atom. The molecule has 0 saturated heterocycles. The highest BCUT2D eigenvalue weighted by Gasteiger charge is 2.15. The van der Waals surface area contributed by atoms with Gasteiger partial charge in [0.2, 0.25) is 0 Å². The highest BCUT2D eigenvalue weighted by Crippen LogP contribution is 2.31. The average molecular weight is 368 g/mol. The van der Waals surface area contributed by atoms with Crippen molar-refractivity contribution in [3.05, 3.63) is 71.3 Å². The monoisotopic (exact) mass is 368 g/mol. The zero-order valence-corrected chi connectivity index (χ0v) is 16.3. The van der Waals surface area contributed by atoms with E-state index < -0.39 is 11.9 Å². The number of carbonyl (C=O) groups is 2. The van der Waals surface area contributed by atoms with Crippen LogP contribution in [0.5, 0.6) is 0 Å². The van der Waals surface area contributed by atoms with Crippen LogP contribution in [0.4, 0.5) is 0 Å². The third kappa shape index (κ3) is 6.55. The zero-order chi connectivity index (χ0) is 19.6. The number of methoxy groups -OCH3 is 1. The lowest BCUT2D eigenvalue weighted by Crippen LogP contribution is -2.12. The summed E-state index contributed by atoms with van der Waals surface area (Å²) in [5.41, 5.74) is 3.56. The molecule has 144 valence electrons. The summed E-state index contributed by atoms with van der Waals surface area (Å²) in [6.07, 6.45) is 1.85. The minimum absolute atomic E-state index is 0.159. The van der Waals surface area contributed by atoms with Gasteiger partial charge in [0.05, 0.1) is 7.11 Å². The van der Waals surface area contributed by atoms with Crippen molar-refractivity contribution in [1.29, 1.82) is 0 Å². The Labute approximate surface area is 161 Å². The summed E-state index contributed by atoms with van der Waals surface area (Å²) in [5, 5.41) is 0. The molecule has 2 rings (SSSR count). The maximum absolute atomic E-state index is 11.5. The van der Waals surface area contributed by atoms with E-state index >= 15 is 0 Å². The van der Waals surface area contributed by atoms with Crippen molar-refractivity contribution < 1.29 is 19.1 Å². The SMILES string of the molecule is CCC(CC(C)c1ccc(COC(=O)CC(=O)OC)cc1)c1ccccc1. The zero-order valence-electron chi connectivity index (χ0n) is 16.3. The van der Waals surface area contributed by atoms with Gasteiger partial charge in [0.15, 0.2) is 0 Å². The summed E-state index contributed by atoms with van der Waals surface area (Å²) in [4.78, 5) is 22.6. The van der Waals surface area contributed by atoms with Crippen LogP contribution < -0.4 is 0 Å². The minimum atomic E-state index is -0.590. The number of hydrogen-bond acceptors (Lipinski definition) is 4. The second-order valence-corrected chi connectivity index (χ2v) is 6.81. The van der Waals surface area contributed by atoms with Gasteiger partial charge < -0.3 is 9.47 Å². The van der Waals surface area contributed by atoms with E-state index in [1.165, 1.54) is 18.2 Å². The van der Waals surface area contributed by atoms with Crippen molar-refractivity contribution in [3.63, 3.8) is 0 Å². The molecule has 0 fully saturated rings. The van der Waals surface area contributed by atoms with E-state index in [1.807, 2.05) is 12.1 Å². The molecule has 0 radical (unpaired) electrons. The fourth-order valence-electron chi connectivity index (χ4n) is 3.17. The third-order valence-electron chi connectivity index (χ3n) is 4.87.